The van der Waals surface area contributed by atoms with E-state index in [0.29, 0.717) is 17.0 Å². The lowest BCUT2D eigenvalue weighted by molar-refractivity contribution is -0.113. The van der Waals surface area contributed by atoms with Gasteiger partial charge in [-0.25, -0.2) is 4.79 Å². The van der Waals surface area contributed by atoms with Crippen molar-refractivity contribution in [3.63, 3.8) is 0 Å². The Morgan fingerprint density at radius 1 is 1.22 bits per heavy atom. The van der Waals surface area contributed by atoms with Crippen LogP contribution in [-0.4, -0.2) is 24.2 Å². The summed E-state index contributed by atoms with van der Waals surface area (Å²) in [5.74, 6) is -0.0599. The Morgan fingerprint density at radius 3 is 2.87 bits per heavy atom. The van der Waals surface area contributed by atoms with E-state index >= 15 is 0 Å². The SMILES string of the molecule is O=C1CSc2ccc(C(=O)OC/C=C/c3ccccc3)cc2N1. The zero-order valence-corrected chi connectivity index (χ0v) is 13.1. The molecular formula is C18H15NO3S. The molecule has 0 aromatic heterocycles. The molecule has 1 aliphatic rings. The number of hydrogen-bond donors (Lipinski definition) is 1. The van der Waals surface area contributed by atoms with Gasteiger partial charge in [-0.1, -0.05) is 36.4 Å². The average molecular weight is 325 g/mol. The van der Waals surface area contributed by atoms with Gasteiger partial charge in [-0.2, -0.15) is 0 Å². The molecule has 2 aromatic rings. The van der Waals surface area contributed by atoms with E-state index in [1.54, 1.807) is 18.2 Å². The van der Waals surface area contributed by atoms with Crippen molar-refractivity contribution in [1.29, 1.82) is 0 Å². The molecule has 1 N–H and O–H groups in total. The second-order valence-corrected chi connectivity index (χ2v) is 5.98. The monoisotopic (exact) mass is 325 g/mol. The second-order valence-electron chi connectivity index (χ2n) is 4.96. The Kier molecular flexibility index (Phi) is 4.78. The van der Waals surface area contributed by atoms with Gasteiger partial charge in [-0.05, 0) is 29.8 Å². The van der Waals surface area contributed by atoms with E-state index in [9.17, 15) is 9.59 Å². The number of rotatable bonds is 4. The lowest BCUT2D eigenvalue weighted by Gasteiger charge is -2.16. The lowest BCUT2D eigenvalue weighted by Crippen LogP contribution is -2.19. The van der Waals surface area contributed by atoms with Gasteiger partial charge in [-0.3, -0.25) is 4.79 Å². The highest BCUT2D eigenvalue weighted by molar-refractivity contribution is 8.00. The smallest absolute Gasteiger partial charge is 0.338 e. The summed E-state index contributed by atoms with van der Waals surface area (Å²) in [7, 11) is 0. The van der Waals surface area contributed by atoms with Crippen LogP contribution in [0.1, 0.15) is 15.9 Å². The van der Waals surface area contributed by atoms with Gasteiger partial charge >= 0.3 is 5.97 Å². The molecule has 23 heavy (non-hydrogen) atoms. The van der Waals surface area contributed by atoms with Crippen LogP contribution in [0, 0.1) is 0 Å². The number of amides is 1. The van der Waals surface area contributed by atoms with Crippen LogP contribution in [0.15, 0.2) is 59.5 Å². The topological polar surface area (TPSA) is 55.4 Å². The molecule has 0 saturated heterocycles. The summed E-state index contributed by atoms with van der Waals surface area (Å²) in [6.45, 7) is 0.200. The zero-order valence-electron chi connectivity index (χ0n) is 12.3. The molecule has 1 amide bonds. The third-order valence-corrected chi connectivity index (χ3v) is 4.34. The summed E-state index contributed by atoms with van der Waals surface area (Å²) in [5.41, 5.74) is 2.15. The summed E-state index contributed by atoms with van der Waals surface area (Å²) < 4.78 is 5.22. The van der Waals surface area contributed by atoms with E-state index < -0.39 is 5.97 Å². The van der Waals surface area contributed by atoms with Crippen molar-refractivity contribution in [3.05, 3.63) is 65.7 Å². The molecular weight excluding hydrogens is 310 g/mol. The van der Waals surface area contributed by atoms with Gasteiger partial charge in [0.25, 0.3) is 0 Å². The first-order chi connectivity index (χ1) is 11.2. The highest BCUT2D eigenvalue weighted by Crippen LogP contribution is 2.32. The summed E-state index contributed by atoms with van der Waals surface area (Å²) in [6.07, 6.45) is 3.69. The van der Waals surface area contributed by atoms with E-state index in [0.717, 1.165) is 10.5 Å². The zero-order chi connectivity index (χ0) is 16.1. The highest BCUT2D eigenvalue weighted by atomic mass is 32.2. The number of anilines is 1. The van der Waals surface area contributed by atoms with Crippen LogP contribution in [0.25, 0.3) is 6.08 Å². The first-order valence-corrected chi connectivity index (χ1v) is 8.16. The van der Waals surface area contributed by atoms with Crippen LogP contribution in [0.5, 0.6) is 0 Å². The van der Waals surface area contributed by atoms with Gasteiger partial charge in [-0.15, -0.1) is 11.8 Å². The quantitative estimate of drug-likeness (QED) is 0.873. The fourth-order valence-corrected chi connectivity index (χ4v) is 2.95. The Hall–Kier alpha value is -2.53. The summed E-state index contributed by atoms with van der Waals surface area (Å²) in [6, 6.07) is 15.0. The summed E-state index contributed by atoms with van der Waals surface area (Å²) in [4.78, 5) is 24.4. The minimum absolute atomic E-state index is 0.0567. The molecule has 5 heteroatoms. The lowest BCUT2D eigenvalue weighted by atomic mass is 10.2. The molecule has 3 rings (SSSR count). The van der Waals surface area contributed by atoms with Gasteiger partial charge in [0.15, 0.2) is 0 Å². The fourth-order valence-electron chi connectivity index (χ4n) is 2.17. The molecule has 0 bridgehead atoms. The molecule has 1 heterocycles. The van der Waals surface area contributed by atoms with Crippen LogP contribution < -0.4 is 5.32 Å². The van der Waals surface area contributed by atoms with Crippen molar-refractivity contribution >= 4 is 35.4 Å². The van der Waals surface area contributed by atoms with E-state index in [2.05, 4.69) is 5.32 Å². The molecule has 0 atom stereocenters. The Bertz CT molecular complexity index is 756. The molecule has 0 saturated carbocycles. The minimum atomic E-state index is -0.407. The molecule has 0 spiro atoms. The van der Waals surface area contributed by atoms with Gasteiger partial charge in [0.2, 0.25) is 5.91 Å². The van der Waals surface area contributed by atoms with Crippen molar-refractivity contribution in [2.75, 3.05) is 17.7 Å². The molecule has 0 unspecified atom stereocenters. The first kappa shape index (κ1) is 15.4. The minimum Gasteiger partial charge on any atom is -0.458 e. The van der Waals surface area contributed by atoms with E-state index in [-0.39, 0.29) is 12.5 Å². The molecule has 116 valence electrons. The van der Waals surface area contributed by atoms with Crippen LogP contribution >= 0.6 is 11.8 Å². The molecule has 4 nitrogen and oxygen atoms in total. The molecule has 0 aliphatic carbocycles. The van der Waals surface area contributed by atoms with Crippen molar-refractivity contribution in [1.82, 2.24) is 0 Å². The predicted octanol–water partition coefficient (Wildman–Crippen LogP) is 3.60. The normalized spacial score (nSPS) is 13.5. The maximum absolute atomic E-state index is 12.0. The maximum atomic E-state index is 12.0. The van der Waals surface area contributed by atoms with Crippen molar-refractivity contribution < 1.29 is 14.3 Å². The average Bonchev–Trinajstić information content (AvgIpc) is 2.58. The number of nitrogens with one attached hydrogen (secondary N) is 1. The van der Waals surface area contributed by atoms with E-state index in [1.165, 1.54) is 11.8 Å². The number of hydrogen-bond acceptors (Lipinski definition) is 4. The number of carbonyl (C=O) groups is 2. The fraction of sp³-hybridized carbons (Fsp3) is 0.111. The highest BCUT2D eigenvalue weighted by Gasteiger charge is 2.17. The molecule has 0 radical (unpaired) electrons. The summed E-state index contributed by atoms with van der Waals surface area (Å²) in [5, 5.41) is 2.76. The Balaban J connectivity index is 1.59. The van der Waals surface area contributed by atoms with Crippen molar-refractivity contribution in [2.24, 2.45) is 0 Å². The number of benzene rings is 2. The van der Waals surface area contributed by atoms with E-state index in [1.807, 2.05) is 42.5 Å². The largest absolute Gasteiger partial charge is 0.458 e. The number of fused-ring (bicyclic) bond motifs is 1. The standard InChI is InChI=1S/C18H15NO3S/c20-17-12-23-16-9-8-14(11-15(16)19-17)18(21)22-10-4-7-13-5-2-1-3-6-13/h1-9,11H,10,12H2,(H,19,20)/b7-4+. The number of esters is 1. The molecule has 1 aliphatic heterocycles. The Morgan fingerprint density at radius 2 is 2.04 bits per heavy atom. The van der Waals surface area contributed by atoms with Crippen molar-refractivity contribution in [2.45, 2.75) is 4.90 Å². The van der Waals surface area contributed by atoms with Gasteiger partial charge in [0.1, 0.15) is 6.61 Å². The Labute approximate surface area is 138 Å². The van der Waals surface area contributed by atoms with Gasteiger partial charge < -0.3 is 10.1 Å². The van der Waals surface area contributed by atoms with E-state index in [4.69, 9.17) is 4.74 Å². The number of carbonyl (C=O) groups excluding carboxylic acids is 2. The third kappa shape index (κ3) is 4.02. The second kappa shape index (κ2) is 7.15. The third-order valence-electron chi connectivity index (χ3n) is 3.27. The number of ether oxygens (including phenoxy) is 1. The van der Waals surface area contributed by atoms with Crippen LogP contribution in [0.3, 0.4) is 0 Å². The predicted molar refractivity (Wildman–Crippen MR) is 91.6 cm³/mol. The van der Waals surface area contributed by atoms with Crippen LogP contribution in [-0.2, 0) is 9.53 Å². The molecule has 0 fully saturated rings. The van der Waals surface area contributed by atoms with Crippen LogP contribution in [0.4, 0.5) is 5.69 Å². The first-order valence-electron chi connectivity index (χ1n) is 7.18. The maximum Gasteiger partial charge on any atom is 0.338 e. The van der Waals surface area contributed by atoms with Crippen LogP contribution in [0.2, 0.25) is 0 Å². The number of thioether (sulfide) groups is 1. The summed E-state index contributed by atoms with van der Waals surface area (Å²) >= 11 is 1.46. The van der Waals surface area contributed by atoms with Gasteiger partial charge in [0.05, 0.1) is 17.0 Å². The van der Waals surface area contributed by atoms with Crippen molar-refractivity contribution in [3.8, 4) is 0 Å². The van der Waals surface area contributed by atoms with Gasteiger partial charge in [0, 0.05) is 4.90 Å². The molecule has 2 aromatic carbocycles.